The third kappa shape index (κ3) is 16000. The van der Waals surface area contributed by atoms with Gasteiger partial charge < -0.3 is 33.0 Å². The van der Waals surface area contributed by atoms with Gasteiger partial charge in [0.1, 0.15) is 0 Å². The maximum Gasteiger partial charge on any atom is 0.0675 e. The van der Waals surface area contributed by atoms with Gasteiger partial charge in [-0.05, 0) is 0 Å². The molecule has 0 saturated carbocycles. The fraction of sp³-hybridized carbons (Fsp3) is 1.00. The molecule has 20 heavy (non-hydrogen) atoms. The average Bonchev–Trinajstić information content (AvgIpc) is 1.66. The van der Waals surface area contributed by atoms with Crippen LogP contribution >= 0.6 is 0 Å². The Balaban J connectivity index is -0.0000000494. The van der Waals surface area contributed by atoms with Crippen molar-refractivity contribution < 1.29 is 33.0 Å². The molecule has 128 valence electrons. The Labute approximate surface area is 127 Å². The zero-order valence-electron chi connectivity index (χ0n) is 15.5. The van der Waals surface area contributed by atoms with E-state index < -0.39 is 9.17 Å². The summed E-state index contributed by atoms with van der Waals surface area (Å²) in [6.07, 6.45) is 0. The first-order valence-corrected chi connectivity index (χ1v) is 7.20. The van der Waals surface area contributed by atoms with Crippen LogP contribution in [0.15, 0.2) is 0 Å². The lowest BCUT2D eigenvalue weighted by molar-refractivity contribution is -0.849. The van der Waals surface area contributed by atoms with Crippen LogP contribution in [0.1, 0.15) is 0 Å². The van der Waals surface area contributed by atoms with Crippen LogP contribution in [0.25, 0.3) is 0 Å². The first-order valence-electron chi connectivity index (χ1n) is 5.98. The average molecular weight is 316 g/mol. The quantitative estimate of drug-likeness (QED) is 0.378. The van der Waals surface area contributed by atoms with Crippen LogP contribution in [0.3, 0.4) is 0 Å². The van der Waals surface area contributed by atoms with Crippen LogP contribution in [0.5, 0.6) is 0 Å². The molecule has 0 rings (SSSR count). The van der Waals surface area contributed by atoms with Gasteiger partial charge in [0.05, 0.1) is 84.6 Å². The monoisotopic (exact) mass is 315 g/mol. The number of hydrogen-bond donors (Lipinski definition) is 0. The van der Waals surface area contributed by atoms with Crippen LogP contribution in [0, 0.1) is 0 Å². The minimum absolute atomic E-state index is 0. The van der Waals surface area contributed by atoms with Gasteiger partial charge in [0.15, 0.2) is 0 Å². The van der Waals surface area contributed by atoms with Crippen molar-refractivity contribution in [3.63, 3.8) is 0 Å². The van der Waals surface area contributed by atoms with Crippen molar-refractivity contribution >= 4 is 9.17 Å². The van der Waals surface area contributed by atoms with Gasteiger partial charge in [-0.25, -0.2) is 0 Å². The summed E-state index contributed by atoms with van der Waals surface area (Å²) in [7, 11) is 21.9. The second kappa shape index (κ2) is 13.4. The highest BCUT2D eigenvalue weighted by Crippen LogP contribution is 1.74. The molecule has 8 heteroatoms. The lowest BCUT2D eigenvalue weighted by atomic mass is 10.8. The molecular weight excluding hydrogens is 278 g/mol. The second-order valence-electron chi connectivity index (χ2n) is 8.30. The van der Waals surface area contributed by atoms with Gasteiger partial charge >= 0.3 is 0 Å². The molecule has 0 amide bonds. The minimum atomic E-state index is -3.63. The summed E-state index contributed by atoms with van der Waals surface area (Å²) >= 11 is 0. The van der Waals surface area contributed by atoms with Gasteiger partial charge in [-0.2, -0.15) is 0 Å². The van der Waals surface area contributed by atoms with E-state index in [9.17, 15) is 0 Å². The smallest absolute Gasteiger partial charge is 0.0675 e. The molecule has 0 unspecified atom stereocenters. The molecule has 0 aromatic heterocycles. The van der Waals surface area contributed by atoms with Crippen molar-refractivity contribution in [1.82, 2.24) is 0 Å². The molecule has 0 spiro atoms. The lowest BCUT2D eigenvalue weighted by Gasteiger charge is -2.14. The van der Waals surface area contributed by atoms with Gasteiger partial charge in [-0.15, -0.1) is 0 Å². The summed E-state index contributed by atoms with van der Waals surface area (Å²) in [5, 5.41) is 0. The highest BCUT2D eigenvalue weighted by Gasteiger charge is 1.89. The zero-order chi connectivity index (χ0) is 17.1. The topological polar surface area (TPSA) is 93.2 Å². The number of hydrogen-bond acceptors (Lipinski definition) is 4. The fourth-order valence-electron chi connectivity index (χ4n) is 0. The molecule has 0 heterocycles. The van der Waals surface area contributed by atoms with Gasteiger partial charge in [0.2, 0.25) is 0 Å². The summed E-state index contributed by atoms with van der Waals surface area (Å²) in [4.78, 5) is 17.0. The molecular formula is C12H37N3O4Si. The molecule has 0 radical (unpaired) electrons. The molecule has 0 bridgehead atoms. The summed E-state index contributed by atoms with van der Waals surface area (Å²) in [5.74, 6) is 0. The SMILES string of the molecule is C[N+](C)(C)C.C[N+](C)(C)C.C[N+](C)(C)C.O=[Si]([O-])[O-].[OH-]. The van der Waals surface area contributed by atoms with Crippen molar-refractivity contribution in [1.29, 1.82) is 0 Å². The van der Waals surface area contributed by atoms with Crippen molar-refractivity contribution in [2.24, 2.45) is 0 Å². The van der Waals surface area contributed by atoms with E-state index in [1.165, 1.54) is 0 Å². The van der Waals surface area contributed by atoms with Gasteiger partial charge in [-0.3, -0.25) is 0 Å². The molecule has 0 saturated heterocycles. The number of nitrogens with zero attached hydrogens (tertiary/aromatic N) is 3. The molecule has 0 aromatic rings. The van der Waals surface area contributed by atoms with E-state index in [2.05, 4.69) is 84.6 Å². The maximum absolute atomic E-state index is 8.52. The summed E-state index contributed by atoms with van der Waals surface area (Å²) in [6, 6.07) is 0. The van der Waals surface area contributed by atoms with Crippen molar-refractivity contribution in [3.8, 4) is 0 Å². The molecule has 0 aliphatic rings. The van der Waals surface area contributed by atoms with Crippen LogP contribution in [-0.2, 0) is 4.46 Å². The highest BCUT2D eigenvalue weighted by molar-refractivity contribution is 6.17. The molecule has 7 nitrogen and oxygen atoms in total. The Morgan fingerprint density at radius 3 is 0.550 bits per heavy atom. The van der Waals surface area contributed by atoms with E-state index in [0.29, 0.717) is 0 Å². The summed E-state index contributed by atoms with van der Waals surface area (Å²) < 4.78 is 11.5. The van der Waals surface area contributed by atoms with Crippen molar-refractivity contribution in [2.75, 3.05) is 84.6 Å². The summed E-state index contributed by atoms with van der Waals surface area (Å²) in [5.41, 5.74) is 0. The number of rotatable bonds is 0. The highest BCUT2D eigenvalue weighted by atomic mass is 28.3. The third-order valence-electron chi connectivity index (χ3n) is 0. The maximum atomic E-state index is 8.52. The van der Waals surface area contributed by atoms with Crippen molar-refractivity contribution in [2.45, 2.75) is 0 Å². The van der Waals surface area contributed by atoms with Crippen LogP contribution in [0.4, 0.5) is 0 Å². The van der Waals surface area contributed by atoms with E-state index in [4.69, 9.17) is 14.1 Å². The summed E-state index contributed by atoms with van der Waals surface area (Å²) in [6.45, 7) is 0. The van der Waals surface area contributed by atoms with E-state index in [0.717, 1.165) is 13.4 Å². The minimum Gasteiger partial charge on any atom is -0.870 e. The zero-order valence-corrected chi connectivity index (χ0v) is 16.5. The van der Waals surface area contributed by atoms with Crippen LogP contribution < -0.4 is 9.59 Å². The largest absolute Gasteiger partial charge is 0.870 e. The van der Waals surface area contributed by atoms with Crippen molar-refractivity contribution in [3.05, 3.63) is 0 Å². The van der Waals surface area contributed by atoms with Crippen LogP contribution in [-0.4, -0.2) is 113 Å². The Morgan fingerprint density at radius 1 is 0.550 bits per heavy atom. The standard InChI is InChI=1S/3C4H12N.O3Si.H2O/c3*1-5(2,3)4;1-4(2)3;/h3*1-4H3;;1H2/q3*+1;-2;/p-1. The van der Waals surface area contributed by atoms with Gasteiger partial charge in [0, 0.05) is 9.17 Å². The van der Waals surface area contributed by atoms with E-state index in [1.54, 1.807) is 0 Å². The lowest BCUT2D eigenvalue weighted by Crippen LogP contribution is -2.34. The van der Waals surface area contributed by atoms with E-state index in [-0.39, 0.29) is 5.48 Å². The Morgan fingerprint density at radius 2 is 0.550 bits per heavy atom. The first kappa shape index (κ1) is 31.7. The molecule has 0 atom stereocenters. The van der Waals surface area contributed by atoms with Gasteiger partial charge in [0.25, 0.3) is 0 Å². The molecule has 1 N–H and O–H groups in total. The molecule has 0 aliphatic heterocycles. The van der Waals surface area contributed by atoms with E-state index in [1.807, 2.05) is 0 Å². The molecule has 0 aliphatic carbocycles. The van der Waals surface area contributed by atoms with Crippen LogP contribution in [0.2, 0.25) is 0 Å². The Bertz CT molecular complexity index is 168. The molecule has 0 aromatic carbocycles. The fourth-order valence-corrected chi connectivity index (χ4v) is 0. The third-order valence-corrected chi connectivity index (χ3v) is 0. The predicted molar refractivity (Wildman–Crippen MR) is 80.2 cm³/mol. The Kier molecular flexibility index (Phi) is 21.3. The normalized spacial score (nSPS) is 10.2. The first-order chi connectivity index (χ1) is 7.73. The second-order valence-corrected chi connectivity index (χ2v) is 8.80. The van der Waals surface area contributed by atoms with E-state index >= 15 is 0 Å². The van der Waals surface area contributed by atoms with Gasteiger partial charge in [-0.1, -0.05) is 0 Å². The Hall–Kier alpha value is -0.543. The molecule has 0 fully saturated rings. The predicted octanol–water partition coefficient (Wildman–Crippen LogP) is -2.09. The number of quaternary nitrogens is 3.